The fraction of sp³-hybridized carbons (Fsp3) is 0.286. The first-order valence-electron chi connectivity index (χ1n) is 32.5. The van der Waals surface area contributed by atoms with Crippen LogP contribution in [-0.2, 0) is 27.1 Å². The third-order valence-electron chi connectivity index (χ3n) is 20.4. The molecule has 2 aliphatic heterocycles. The highest BCUT2D eigenvalue weighted by Gasteiger charge is 2.48. The summed E-state index contributed by atoms with van der Waals surface area (Å²) in [4.78, 5) is 7.94. The Morgan fingerprint density at radius 1 is 0.404 bits per heavy atom. The Labute approximate surface area is 530 Å². The highest BCUT2D eigenvalue weighted by molar-refractivity contribution is 7.00. The summed E-state index contributed by atoms with van der Waals surface area (Å²) in [6.07, 6.45) is 2.27. The monoisotopic (exact) mass is 1160 g/mol. The van der Waals surface area contributed by atoms with Crippen LogP contribution in [0.25, 0.3) is 44.2 Å². The van der Waals surface area contributed by atoms with Crippen LogP contribution in [0.3, 0.4) is 0 Å². The molecule has 3 heterocycles. The van der Waals surface area contributed by atoms with E-state index in [1.54, 1.807) is 0 Å². The third kappa shape index (κ3) is 9.64. The van der Waals surface area contributed by atoms with E-state index >= 15 is 0 Å². The van der Waals surface area contributed by atoms with Crippen LogP contribution < -0.4 is 31.1 Å². The second kappa shape index (κ2) is 20.5. The molecule has 446 valence electrons. The number of hydrogen-bond donors (Lipinski definition) is 0. The first kappa shape index (κ1) is 58.2. The number of rotatable bonds is 7. The molecule has 0 N–H and O–H groups in total. The molecule has 0 unspecified atom stereocenters. The van der Waals surface area contributed by atoms with Gasteiger partial charge in [0.2, 0.25) is 0 Å². The van der Waals surface area contributed by atoms with Crippen molar-refractivity contribution in [3.63, 3.8) is 0 Å². The Bertz CT molecular complexity index is 4620. The van der Waals surface area contributed by atoms with E-state index in [0.717, 1.165) is 57.4 Å². The van der Waals surface area contributed by atoms with E-state index in [1.165, 1.54) is 117 Å². The van der Waals surface area contributed by atoms with Gasteiger partial charge >= 0.3 is 0 Å². The van der Waals surface area contributed by atoms with Crippen molar-refractivity contribution in [2.45, 2.75) is 158 Å². The quantitative estimate of drug-likeness (QED) is 0.148. The Morgan fingerprint density at radius 3 is 1.54 bits per heavy atom. The first-order valence-corrected chi connectivity index (χ1v) is 32.5. The lowest BCUT2D eigenvalue weighted by molar-refractivity contribution is 0.332. The van der Waals surface area contributed by atoms with E-state index in [4.69, 9.17) is 4.42 Å². The van der Waals surface area contributed by atoms with Gasteiger partial charge in [0.15, 0.2) is 0 Å². The third-order valence-corrected chi connectivity index (χ3v) is 20.4. The molecule has 4 nitrogen and oxygen atoms in total. The highest BCUT2D eigenvalue weighted by Crippen LogP contribution is 2.54. The fourth-order valence-electron chi connectivity index (χ4n) is 15.3. The number of furan rings is 1. The molecule has 14 rings (SSSR count). The Balaban J connectivity index is 1.09. The van der Waals surface area contributed by atoms with Gasteiger partial charge in [0.25, 0.3) is 6.71 Å². The molecule has 0 fully saturated rings. The predicted molar refractivity (Wildman–Crippen MR) is 384 cm³/mol. The normalized spacial score (nSPS) is 15.0. The van der Waals surface area contributed by atoms with Crippen molar-refractivity contribution in [2.75, 3.05) is 14.7 Å². The van der Waals surface area contributed by atoms with Crippen LogP contribution in [0.1, 0.15) is 153 Å². The minimum absolute atomic E-state index is 0.00935. The molecule has 5 heteroatoms. The van der Waals surface area contributed by atoms with Crippen LogP contribution in [0, 0.1) is 27.7 Å². The zero-order valence-corrected chi connectivity index (χ0v) is 55.6. The summed E-state index contributed by atoms with van der Waals surface area (Å²) < 4.78 is 6.53. The minimum Gasteiger partial charge on any atom is -0.456 e. The van der Waals surface area contributed by atoms with Gasteiger partial charge in [-0.1, -0.05) is 199 Å². The SMILES string of the molecule is Cc1cc(-c2ccc3c(c2)oc2ccccc23)cc(C)c1N1c2cc(N(c3ccc(C(C)(C)C)cc3)c3ccccc3-c3ccccc3)ccc2B2c3cc4c(cc3N(c3c(C)cc(C(C)(C)C)cc3C)c3cc(C(C)(C)C)cc1c32)C(C)(C)CCC4(C)C. The van der Waals surface area contributed by atoms with Gasteiger partial charge in [-0.2, -0.15) is 0 Å². The Morgan fingerprint density at radius 2 is 0.921 bits per heavy atom. The van der Waals surface area contributed by atoms with Gasteiger partial charge in [-0.15, -0.1) is 0 Å². The van der Waals surface area contributed by atoms with Crippen molar-refractivity contribution in [3.8, 4) is 22.3 Å². The number of anilines is 9. The molecule has 3 aliphatic rings. The molecule has 0 radical (unpaired) electrons. The maximum absolute atomic E-state index is 6.53. The lowest BCUT2D eigenvalue weighted by Gasteiger charge is -2.48. The van der Waals surface area contributed by atoms with E-state index in [-0.39, 0.29) is 33.8 Å². The van der Waals surface area contributed by atoms with Gasteiger partial charge in [0.05, 0.1) is 17.1 Å². The average molecular weight is 1160 g/mol. The summed E-state index contributed by atoms with van der Waals surface area (Å²) in [7, 11) is 0. The highest BCUT2D eigenvalue weighted by atomic mass is 16.3. The molecule has 10 aromatic carbocycles. The topological polar surface area (TPSA) is 22.9 Å². The van der Waals surface area contributed by atoms with Gasteiger partial charge in [-0.25, -0.2) is 0 Å². The number of hydrogen-bond acceptors (Lipinski definition) is 4. The zero-order chi connectivity index (χ0) is 62.6. The van der Waals surface area contributed by atoms with E-state index < -0.39 is 0 Å². The summed E-state index contributed by atoms with van der Waals surface area (Å²) in [5.74, 6) is 0. The standard InChI is InChI=1S/C84H86BN3O/c1-51-41-57(56-31-37-65-64-28-22-24-30-75(64)89-76(65)45-56)42-52(2)78(51)87-71-48-62(86(61-34-32-58(33-35-61)80(5,6)7)70-29-23-21-27-63(70)55-25-19-18-20-26-55)36-38-68(71)85-69-49-66-67(84(16,17)40-39-83(66,14)15)50-72(69)88(74-47-60(82(11,12)13)46-73(87)77(74)85)79-53(3)43-59(44-54(79)4)81(8,9)10/h18-38,41-50H,39-40H2,1-17H3. The summed E-state index contributed by atoms with van der Waals surface area (Å²) in [5, 5.41) is 2.28. The second-order valence-electron chi connectivity index (χ2n) is 30.7. The molecule has 1 aromatic heterocycles. The molecule has 89 heavy (non-hydrogen) atoms. The van der Waals surface area contributed by atoms with Gasteiger partial charge in [-0.3, -0.25) is 0 Å². The summed E-state index contributed by atoms with van der Waals surface area (Å²) in [5.41, 5.74) is 32.9. The van der Waals surface area contributed by atoms with E-state index in [2.05, 4.69) is 320 Å². The lowest BCUT2D eigenvalue weighted by Crippen LogP contribution is -2.62. The molecule has 11 aromatic rings. The lowest BCUT2D eigenvalue weighted by atomic mass is 9.33. The van der Waals surface area contributed by atoms with Gasteiger partial charge < -0.3 is 19.1 Å². The van der Waals surface area contributed by atoms with Crippen molar-refractivity contribution in [1.82, 2.24) is 0 Å². The number of aryl methyl sites for hydroxylation is 4. The number of fused-ring (bicyclic) bond motifs is 8. The number of para-hydroxylation sites is 2. The van der Waals surface area contributed by atoms with Crippen LogP contribution >= 0.6 is 0 Å². The van der Waals surface area contributed by atoms with Crippen LogP contribution in [0.2, 0.25) is 0 Å². The van der Waals surface area contributed by atoms with Crippen molar-refractivity contribution in [2.24, 2.45) is 0 Å². The van der Waals surface area contributed by atoms with Crippen LogP contribution in [-0.4, -0.2) is 6.71 Å². The van der Waals surface area contributed by atoms with Gasteiger partial charge in [0, 0.05) is 50.5 Å². The molecular weight excluding hydrogens is 1080 g/mol. The maximum atomic E-state index is 6.53. The van der Waals surface area contributed by atoms with Gasteiger partial charge in [0.1, 0.15) is 11.2 Å². The largest absolute Gasteiger partial charge is 0.456 e. The van der Waals surface area contributed by atoms with Gasteiger partial charge in [-0.05, 0) is 230 Å². The second-order valence-corrected chi connectivity index (χ2v) is 30.7. The smallest absolute Gasteiger partial charge is 0.252 e. The zero-order valence-electron chi connectivity index (χ0n) is 55.6. The fourth-order valence-corrected chi connectivity index (χ4v) is 15.3. The van der Waals surface area contributed by atoms with E-state index in [1.807, 2.05) is 0 Å². The van der Waals surface area contributed by atoms with E-state index in [0.29, 0.717) is 0 Å². The minimum atomic E-state index is -0.205. The Hall–Kier alpha value is -8.54. The molecule has 0 atom stereocenters. The molecule has 0 saturated heterocycles. The molecular formula is C84H86BN3O. The molecule has 0 bridgehead atoms. The summed E-state index contributed by atoms with van der Waals surface area (Å²) in [6, 6.07) is 72.1. The summed E-state index contributed by atoms with van der Waals surface area (Å²) >= 11 is 0. The molecule has 0 saturated carbocycles. The number of benzene rings is 10. The molecule has 1 aliphatic carbocycles. The average Bonchev–Trinajstić information content (AvgIpc) is 1.06. The van der Waals surface area contributed by atoms with Crippen LogP contribution in [0.4, 0.5) is 51.2 Å². The van der Waals surface area contributed by atoms with Crippen LogP contribution in [0.15, 0.2) is 192 Å². The Kier molecular flexibility index (Phi) is 13.4. The molecule has 0 amide bonds. The van der Waals surface area contributed by atoms with Crippen molar-refractivity contribution < 1.29 is 4.42 Å². The van der Waals surface area contributed by atoms with E-state index in [9.17, 15) is 0 Å². The van der Waals surface area contributed by atoms with Crippen molar-refractivity contribution in [1.29, 1.82) is 0 Å². The summed E-state index contributed by atoms with van der Waals surface area (Å²) in [6.45, 7) is 40.4. The van der Waals surface area contributed by atoms with Crippen molar-refractivity contribution >= 4 is 96.2 Å². The number of nitrogens with zero attached hydrogens (tertiary/aromatic N) is 3. The van der Waals surface area contributed by atoms with Crippen molar-refractivity contribution in [3.05, 3.63) is 238 Å². The molecule has 0 spiro atoms. The van der Waals surface area contributed by atoms with Crippen LogP contribution in [0.5, 0.6) is 0 Å². The maximum Gasteiger partial charge on any atom is 0.252 e. The predicted octanol–water partition coefficient (Wildman–Crippen LogP) is 21.9. The first-order chi connectivity index (χ1) is 42.2.